The fraction of sp³-hybridized carbons (Fsp3) is 1.00. The number of unbranched alkanes of at least 4 members (excludes halogenated alkanes) is 1. The van der Waals surface area contributed by atoms with Crippen LogP contribution in [0, 0.1) is 0 Å². The highest BCUT2D eigenvalue weighted by atomic mass is 16.5. The second-order valence-electron chi connectivity index (χ2n) is 3.51. The summed E-state index contributed by atoms with van der Waals surface area (Å²) < 4.78 is 5.24. The number of hydrogen-bond donors (Lipinski definition) is 0. The number of morpholine rings is 1. The minimum atomic E-state index is 0.934. The van der Waals surface area contributed by atoms with Gasteiger partial charge in [-0.1, -0.05) is 33.6 Å². The van der Waals surface area contributed by atoms with Crippen molar-refractivity contribution in [2.24, 2.45) is 0 Å². The molecule has 0 aromatic carbocycles. The standard InChI is InChI=1S/C8H17NO.C3H8/c1-2-3-4-9-5-7-10-8-6-9;1-3-2/h2-8H2,1H3;3H2,1-2H3. The predicted octanol–water partition coefficient (Wildman–Crippen LogP) is 2.54. The lowest BCUT2D eigenvalue weighted by Crippen LogP contribution is -2.36. The summed E-state index contributed by atoms with van der Waals surface area (Å²) in [5, 5.41) is 0. The Hall–Kier alpha value is -0.0800. The first kappa shape index (κ1) is 12.9. The van der Waals surface area contributed by atoms with Crippen molar-refractivity contribution in [2.75, 3.05) is 32.8 Å². The molecule has 0 bridgehead atoms. The van der Waals surface area contributed by atoms with Crippen LogP contribution in [-0.2, 0) is 4.74 Å². The van der Waals surface area contributed by atoms with E-state index in [-0.39, 0.29) is 0 Å². The summed E-state index contributed by atoms with van der Waals surface area (Å²) in [5.41, 5.74) is 0. The summed E-state index contributed by atoms with van der Waals surface area (Å²) in [5.74, 6) is 0. The maximum absolute atomic E-state index is 5.24. The molecule has 0 saturated carbocycles. The van der Waals surface area contributed by atoms with Gasteiger partial charge in [-0.3, -0.25) is 4.90 Å². The lowest BCUT2D eigenvalue weighted by molar-refractivity contribution is 0.0373. The van der Waals surface area contributed by atoms with Crippen LogP contribution in [0.5, 0.6) is 0 Å². The molecule has 1 aliphatic heterocycles. The molecule has 0 aliphatic carbocycles. The van der Waals surface area contributed by atoms with E-state index in [9.17, 15) is 0 Å². The fourth-order valence-electron chi connectivity index (χ4n) is 1.21. The Morgan fingerprint density at radius 2 is 1.62 bits per heavy atom. The van der Waals surface area contributed by atoms with Gasteiger partial charge in [0, 0.05) is 13.1 Å². The van der Waals surface area contributed by atoms with Gasteiger partial charge >= 0.3 is 0 Å². The van der Waals surface area contributed by atoms with Gasteiger partial charge < -0.3 is 4.74 Å². The highest BCUT2D eigenvalue weighted by molar-refractivity contribution is 4.60. The van der Waals surface area contributed by atoms with E-state index in [0.29, 0.717) is 0 Å². The van der Waals surface area contributed by atoms with Crippen molar-refractivity contribution in [1.82, 2.24) is 4.90 Å². The molecule has 0 aromatic rings. The number of rotatable bonds is 3. The van der Waals surface area contributed by atoms with Crippen molar-refractivity contribution < 1.29 is 4.74 Å². The minimum absolute atomic E-state index is 0.934. The zero-order chi connectivity index (χ0) is 9.94. The molecule has 0 aromatic heterocycles. The lowest BCUT2D eigenvalue weighted by Gasteiger charge is -2.26. The zero-order valence-corrected chi connectivity index (χ0v) is 9.51. The Kier molecular flexibility index (Phi) is 9.94. The van der Waals surface area contributed by atoms with Crippen molar-refractivity contribution in [2.45, 2.75) is 40.0 Å². The van der Waals surface area contributed by atoms with Gasteiger partial charge in [0.15, 0.2) is 0 Å². The summed E-state index contributed by atoms with van der Waals surface area (Å²) in [7, 11) is 0. The molecule has 0 radical (unpaired) electrons. The first-order valence-corrected chi connectivity index (χ1v) is 5.65. The average molecular weight is 187 g/mol. The maximum Gasteiger partial charge on any atom is 0.0594 e. The Morgan fingerprint density at radius 3 is 2.08 bits per heavy atom. The molecule has 80 valence electrons. The molecule has 0 amide bonds. The Labute approximate surface area is 83.3 Å². The van der Waals surface area contributed by atoms with Crippen LogP contribution in [-0.4, -0.2) is 37.7 Å². The van der Waals surface area contributed by atoms with Crippen LogP contribution in [0.4, 0.5) is 0 Å². The van der Waals surface area contributed by atoms with Gasteiger partial charge in [0.1, 0.15) is 0 Å². The summed E-state index contributed by atoms with van der Waals surface area (Å²) in [6.45, 7) is 11.9. The summed E-state index contributed by atoms with van der Waals surface area (Å²) in [6.07, 6.45) is 3.89. The van der Waals surface area contributed by atoms with Crippen molar-refractivity contribution in [3.63, 3.8) is 0 Å². The molecule has 2 nitrogen and oxygen atoms in total. The third-order valence-electron chi connectivity index (χ3n) is 1.93. The maximum atomic E-state index is 5.24. The number of hydrogen-bond acceptors (Lipinski definition) is 2. The first-order valence-electron chi connectivity index (χ1n) is 5.65. The van der Waals surface area contributed by atoms with E-state index in [4.69, 9.17) is 4.74 Å². The van der Waals surface area contributed by atoms with Crippen LogP contribution in [0.2, 0.25) is 0 Å². The van der Waals surface area contributed by atoms with Crippen LogP contribution in [0.25, 0.3) is 0 Å². The van der Waals surface area contributed by atoms with E-state index >= 15 is 0 Å². The van der Waals surface area contributed by atoms with Crippen LogP contribution < -0.4 is 0 Å². The molecule has 1 saturated heterocycles. The van der Waals surface area contributed by atoms with Crippen LogP contribution in [0.1, 0.15) is 40.0 Å². The van der Waals surface area contributed by atoms with Gasteiger partial charge in [0.2, 0.25) is 0 Å². The van der Waals surface area contributed by atoms with Gasteiger partial charge in [-0.05, 0) is 13.0 Å². The van der Waals surface area contributed by atoms with Crippen molar-refractivity contribution in [3.8, 4) is 0 Å². The molecule has 1 fully saturated rings. The molecule has 1 heterocycles. The van der Waals surface area contributed by atoms with E-state index in [1.165, 1.54) is 25.8 Å². The highest BCUT2D eigenvalue weighted by Gasteiger charge is 2.07. The molecular formula is C11H25NO. The SMILES string of the molecule is CCC.CCCCN1CCOCC1. The van der Waals surface area contributed by atoms with Gasteiger partial charge in [-0.15, -0.1) is 0 Å². The van der Waals surface area contributed by atoms with Crippen LogP contribution in [0.15, 0.2) is 0 Å². The normalized spacial score (nSPS) is 17.8. The molecule has 0 spiro atoms. The summed E-state index contributed by atoms with van der Waals surface area (Å²) in [4.78, 5) is 2.48. The third-order valence-corrected chi connectivity index (χ3v) is 1.93. The molecule has 0 unspecified atom stereocenters. The van der Waals surface area contributed by atoms with E-state index in [0.717, 1.165) is 26.3 Å². The van der Waals surface area contributed by atoms with Gasteiger partial charge in [-0.25, -0.2) is 0 Å². The molecule has 1 rings (SSSR count). The number of ether oxygens (including phenoxy) is 1. The first-order chi connectivity index (χ1) is 6.35. The molecule has 1 aliphatic rings. The van der Waals surface area contributed by atoms with Crippen molar-refractivity contribution in [1.29, 1.82) is 0 Å². The minimum Gasteiger partial charge on any atom is -0.379 e. The van der Waals surface area contributed by atoms with E-state index in [2.05, 4.69) is 25.7 Å². The highest BCUT2D eigenvalue weighted by Crippen LogP contribution is 1.98. The molecule has 13 heavy (non-hydrogen) atoms. The molecule has 2 heteroatoms. The van der Waals surface area contributed by atoms with Crippen LogP contribution in [0.3, 0.4) is 0 Å². The Balaban J connectivity index is 0.000000424. The molecule has 0 atom stereocenters. The lowest BCUT2D eigenvalue weighted by atomic mass is 10.3. The van der Waals surface area contributed by atoms with Gasteiger partial charge in [-0.2, -0.15) is 0 Å². The molecule has 0 N–H and O–H groups in total. The largest absolute Gasteiger partial charge is 0.379 e. The van der Waals surface area contributed by atoms with Crippen molar-refractivity contribution in [3.05, 3.63) is 0 Å². The van der Waals surface area contributed by atoms with Gasteiger partial charge in [0.05, 0.1) is 13.2 Å². The van der Waals surface area contributed by atoms with Crippen LogP contribution >= 0.6 is 0 Å². The van der Waals surface area contributed by atoms with E-state index in [1.807, 2.05) is 0 Å². The average Bonchev–Trinajstić information content (AvgIpc) is 2.18. The zero-order valence-electron chi connectivity index (χ0n) is 9.51. The second-order valence-corrected chi connectivity index (χ2v) is 3.51. The van der Waals surface area contributed by atoms with E-state index < -0.39 is 0 Å². The van der Waals surface area contributed by atoms with E-state index in [1.54, 1.807) is 0 Å². The third kappa shape index (κ3) is 8.26. The summed E-state index contributed by atoms with van der Waals surface area (Å²) >= 11 is 0. The number of nitrogens with zero attached hydrogens (tertiary/aromatic N) is 1. The van der Waals surface area contributed by atoms with Crippen molar-refractivity contribution >= 4 is 0 Å². The summed E-state index contributed by atoms with van der Waals surface area (Å²) in [6, 6.07) is 0. The Bertz CT molecular complexity index is 90.1. The topological polar surface area (TPSA) is 12.5 Å². The van der Waals surface area contributed by atoms with Gasteiger partial charge in [0.25, 0.3) is 0 Å². The molecular weight excluding hydrogens is 162 g/mol. The second kappa shape index (κ2) is 10.0. The monoisotopic (exact) mass is 187 g/mol. The fourth-order valence-corrected chi connectivity index (χ4v) is 1.21. The Morgan fingerprint density at radius 1 is 1.08 bits per heavy atom. The smallest absolute Gasteiger partial charge is 0.0594 e. The quantitative estimate of drug-likeness (QED) is 0.673. The predicted molar refractivity (Wildman–Crippen MR) is 58.1 cm³/mol.